The first kappa shape index (κ1) is 13.3. The van der Waals surface area contributed by atoms with Gasteiger partial charge in [0, 0.05) is 12.6 Å². The number of hydrogen-bond acceptors (Lipinski definition) is 3. The highest BCUT2D eigenvalue weighted by Crippen LogP contribution is 2.00. The van der Waals surface area contributed by atoms with E-state index in [1.165, 1.54) is 18.6 Å². The summed E-state index contributed by atoms with van der Waals surface area (Å²) in [6.45, 7) is 3.67. The summed E-state index contributed by atoms with van der Waals surface area (Å²) in [5.74, 6) is 1.24. The SMILES string of the molecule is CSCCC(C)NCCCCCO. The molecule has 0 fully saturated rings. The van der Waals surface area contributed by atoms with E-state index < -0.39 is 0 Å². The van der Waals surface area contributed by atoms with Gasteiger partial charge in [0.2, 0.25) is 0 Å². The maximum absolute atomic E-state index is 8.57. The molecule has 0 aliphatic carbocycles. The molecule has 1 unspecified atom stereocenters. The molecule has 0 aliphatic heterocycles. The molecule has 0 spiro atoms. The number of aliphatic hydroxyl groups is 1. The minimum atomic E-state index is 0.335. The molecule has 0 saturated carbocycles. The van der Waals surface area contributed by atoms with Gasteiger partial charge < -0.3 is 10.4 Å². The van der Waals surface area contributed by atoms with Crippen LogP contribution in [0.1, 0.15) is 32.6 Å². The van der Waals surface area contributed by atoms with Gasteiger partial charge in [-0.3, -0.25) is 0 Å². The molecule has 3 heteroatoms. The molecule has 2 N–H and O–H groups in total. The number of rotatable bonds is 9. The zero-order valence-electron chi connectivity index (χ0n) is 8.88. The Balaban J connectivity index is 3.03. The second-order valence-corrected chi connectivity index (χ2v) is 4.41. The van der Waals surface area contributed by atoms with Crippen LogP contribution in [-0.4, -0.2) is 36.3 Å². The Morgan fingerprint density at radius 2 is 2.08 bits per heavy atom. The zero-order chi connectivity index (χ0) is 9.94. The minimum absolute atomic E-state index is 0.335. The van der Waals surface area contributed by atoms with Crippen LogP contribution in [0.15, 0.2) is 0 Å². The molecule has 80 valence electrons. The fraction of sp³-hybridized carbons (Fsp3) is 1.00. The maximum Gasteiger partial charge on any atom is 0.0431 e. The Labute approximate surface area is 86.5 Å². The van der Waals surface area contributed by atoms with E-state index in [9.17, 15) is 0 Å². The van der Waals surface area contributed by atoms with Crippen molar-refractivity contribution in [3.05, 3.63) is 0 Å². The summed E-state index contributed by atoms with van der Waals surface area (Å²) in [7, 11) is 0. The van der Waals surface area contributed by atoms with E-state index in [1.807, 2.05) is 11.8 Å². The van der Waals surface area contributed by atoms with Crippen molar-refractivity contribution in [3.8, 4) is 0 Å². The predicted molar refractivity (Wildman–Crippen MR) is 61.4 cm³/mol. The Morgan fingerprint density at radius 1 is 1.31 bits per heavy atom. The normalized spacial score (nSPS) is 13.2. The topological polar surface area (TPSA) is 32.3 Å². The van der Waals surface area contributed by atoms with Crippen LogP contribution >= 0.6 is 11.8 Å². The molecule has 0 aliphatic rings. The van der Waals surface area contributed by atoms with Crippen LogP contribution in [0.4, 0.5) is 0 Å². The lowest BCUT2D eigenvalue weighted by Crippen LogP contribution is -2.27. The Morgan fingerprint density at radius 3 is 2.69 bits per heavy atom. The smallest absolute Gasteiger partial charge is 0.0431 e. The molecule has 0 aromatic rings. The van der Waals surface area contributed by atoms with Crippen LogP contribution in [0, 0.1) is 0 Å². The van der Waals surface area contributed by atoms with Crippen LogP contribution in [0.25, 0.3) is 0 Å². The largest absolute Gasteiger partial charge is 0.396 e. The lowest BCUT2D eigenvalue weighted by atomic mass is 10.2. The van der Waals surface area contributed by atoms with Crippen molar-refractivity contribution in [2.45, 2.75) is 38.6 Å². The van der Waals surface area contributed by atoms with E-state index in [4.69, 9.17) is 5.11 Å². The third-order valence-electron chi connectivity index (χ3n) is 2.08. The van der Waals surface area contributed by atoms with Crippen molar-refractivity contribution in [2.24, 2.45) is 0 Å². The second-order valence-electron chi connectivity index (χ2n) is 3.42. The van der Waals surface area contributed by atoms with E-state index in [0.717, 1.165) is 19.4 Å². The highest BCUT2D eigenvalue weighted by atomic mass is 32.2. The Bertz CT molecular complexity index is 101. The number of unbranched alkanes of at least 4 members (excludes halogenated alkanes) is 2. The van der Waals surface area contributed by atoms with Gasteiger partial charge >= 0.3 is 0 Å². The van der Waals surface area contributed by atoms with Gasteiger partial charge in [0.25, 0.3) is 0 Å². The number of nitrogens with one attached hydrogen (secondary N) is 1. The van der Waals surface area contributed by atoms with E-state index in [0.29, 0.717) is 12.6 Å². The van der Waals surface area contributed by atoms with Gasteiger partial charge in [0.05, 0.1) is 0 Å². The van der Waals surface area contributed by atoms with Gasteiger partial charge in [-0.2, -0.15) is 11.8 Å². The van der Waals surface area contributed by atoms with Crippen molar-refractivity contribution in [2.75, 3.05) is 25.2 Å². The van der Waals surface area contributed by atoms with E-state index in [-0.39, 0.29) is 0 Å². The van der Waals surface area contributed by atoms with Crippen molar-refractivity contribution in [3.63, 3.8) is 0 Å². The summed E-state index contributed by atoms with van der Waals surface area (Å²) in [6, 6.07) is 0.640. The summed E-state index contributed by atoms with van der Waals surface area (Å²) < 4.78 is 0. The third-order valence-corrected chi connectivity index (χ3v) is 2.73. The van der Waals surface area contributed by atoms with Gasteiger partial charge in [-0.1, -0.05) is 0 Å². The Hall–Kier alpha value is 0.270. The summed E-state index contributed by atoms with van der Waals surface area (Å²) in [6.07, 6.45) is 6.67. The van der Waals surface area contributed by atoms with Crippen LogP contribution in [-0.2, 0) is 0 Å². The van der Waals surface area contributed by atoms with Crippen molar-refractivity contribution in [1.29, 1.82) is 0 Å². The van der Waals surface area contributed by atoms with Crippen LogP contribution in [0.3, 0.4) is 0 Å². The lowest BCUT2D eigenvalue weighted by Gasteiger charge is -2.12. The van der Waals surface area contributed by atoms with Gasteiger partial charge in [-0.05, 0) is 51.2 Å². The average molecular weight is 205 g/mol. The number of hydrogen-bond donors (Lipinski definition) is 2. The molecule has 0 bridgehead atoms. The molecule has 0 rings (SSSR count). The molecule has 0 amide bonds. The molecule has 2 nitrogen and oxygen atoms in total. The molecule has 0 aromatic carbocycles. The summed E-state index contributed by atoms with van der Waals surface area (Å²) in [5.41, 5.74) is 0. The maximum atomic E-state index is 8.57. The highest BCUT2D eigenvalue weighted by Gasteiger charge is 1.98. The first-order valence-electron chi connectivity index (χ1n) is 5.14. The van der Waals surface area contributed by atoms with Gasteiger partial charge in [-0.15, -0.1) is 0 Å². The molecular weight excluding hydrogens is 182 g/mol. The summed E-state index contributed by atoms with van der Waals surface area (Å²) in [5, 5.41) is 12.0. The van der Waals surface area contributed by atoms with Crippen LogP contribution in [0.5, 0.6) is 0 Å². The highest BCUT2D eigenvalue weighted by molar-refractivity contribution is 7.98. The molecule has 0 saturated heterocycles. The van der Waals surface area contributed by atoms with Crippen molar-refractivity contribution >= 4 is 11.8 Å². The second kappa shape index (κ2) is 10.4. The fourth-order valence-electron chi connectivity index (χ4n) is 1.16. The molecule has 0 aromatic heterocycles. The zero-order valence-corrected chi connectivity index (χ0v) is 9.70. The summed E-state index contributed by atoms with van der Waals surface area (Å²) in [4.78, 5) is 0. The number of aliphatic hydroxyl groups excluding tert-OH is 1. The van der Waals surface area contributed by atoms with E-state index >= 15 is 0 Å². The van der Waals surface area contributed by atoms with E-state index in [2.05, 4.69) is 18.5 Å². The fourth-order valence-corrected chi connectivity index (χ4v) is 1.75. The molecule has 13 heavy (non-hydrogen) atoms. The Kier molecular flexibility index (Phi) is 10.6. The molecule has 0 heterocycles. The standard InChI is InChI=1S/C10H23NOS/c1-10(6-9-13-2)11-7-4-3-5-8-12/h10-12H,3-9H2,1-2H3. The van der Waals surface area contributed by atoms with Gasteiger partial charge in [0.1, 0.15) is 0 Å². The van der Waals surface area contributed by atoms with Crippen LogP contribution in [0.2, 0.25) is 0 Å². The first-order valence-corrected chi connectivity index (χ1v) is 6.53. The predicted octanol–water partition coefficient (Wildman–Crippen LogP) is 1.88. The van der Waals surface area contributed by atoms with Crippen molar-refractivity contribution in [1.82, 2.24) is 5.32 Å². The minimum Gasteiger partial charge on any atom is -0.396 e. The molecule has 0 radical (unpaired) electrons. The lowest BCUT2D eigenvalue weighted by molar-refractivity contribution is 0.282. The van der Waals surface area contributed by atoms with Crippen LogP contribution < -0.4 is 5.32 Å². The monoisotopic (exact) mass is 205 g/mol. The van der Waals surface area contributed by atoms with Crippen molar-refractivity contribution < 1.29 is 5.11 Å². The van der Waals surface area contributed by atoms with E-state index in [1.54, 1.807) is 0 Å². The van der Waals surface area contributed by atoms with Gasteiger partial charge in [-0.25, -0.2) is 0 Å². The summed E-state index contributed by atoms with van der Waals surface area (Å²) >= 11 is 1.90. The third kappa shape index (κ3) is 10.2. The average Bonchev–Trinajstić information content (AvgIpc) is 2.14. The first-order chi connectivity index (χ1) is 6.31. The quantitative estimate of drug-likeness (QED) is 0.564. The molecule has 1 atom stereocenters. The van der Waals surface area contributed by atoms with Gasteiger partial charge in [0.15, 0.2) is 0 Å². The number of thioether (sulfide) groups is 1. The molecular formula is C10H23NOS.